The van der Waals surface area contributed by atoms with Gasteiger partial charge in [0.25, 0.3) is 5.56 Å². The Morgan fingerprint density at radius 1 is 1.29 bits per heavy atom. The molecule has 2 aromatic heterocycles. The predicted octanol–water partition coefficient (Wildman–Crippen LogP) is 5.03. The van der Waals surface area contributed by atoms with E-state index < -0.39 is 0 Å². The zero-order chi connectivity index (χ0) is 19.5. The fourth-order valence-electron chi connectivity index (χ4n) is 3.39. The second-order valence-electron chi connectivity index (χ2n) is 6.87. The molecule has 3 aromatic rings. The van der Waals surface area contributed by atoms with Gasteiger partial charge in [-0.15, -0.1) is 10.2 Å². The number of nitrogens with zero attached hydrogens (tertiary/aromatic N) is 4. The Bertz CT molecular complexity index is 1090. The molecule has 1 aliphatic carbocycles. The number of thioether (sulfide) groups is 1. The molecule has 0 amide bonds. The van der Waals surface area contributed by atoms with Gasteiger partial charge in [0.15, 0.2) is 5.16 Å². The highest BCUT2D eigenvalue weighted by atomic mass is 79.9. The van der Waals surface area contributed by atoms with E-state index in [-0.39, 0.29) is 5.56 Å². The number of benzene rings is 1. The highest BCUT2D eigenvalue weighted by Crippen LogP contribution is 2.25. The summed E-state index contributed by atoms with van der Waals surface area (Å²) in [6.07, 6.45) is 7.99. The molecular weight excluding hydrogens is 440 g/mol. The van der Waals surface area contributed by atoms with Crippen molar-refractivity contribution in [2.24, 2.45) is 0 Å². The van der Waals surface area contributed by atoms with Crippen molar-refractivity contribution in [1.29, 1.82) is 0 Å². The van der Waals surface area contributed by atoms with Gasteiger partial charge in [0, 0.05) is 17.9 Å². The average molecular weight is 461 g/mol. The summed E-state index contributed by atoms with van der Waals surface area (Å²) < 4.78 is 8.13. The van der Waals surface area contributed by atoms with Crippen LogP contribution in [-0.4, -0.2) is 19.7 Å². The fourth-order valence-corrected chi connectivity index (χ4v) is 4.61. The van der Waals surface area contributed by atoms with Gasteiger partial charge in [-0.3, -0.25) is 9.36 Å². The lowest BCUT2D eigenvalue weighted by molar-refractivity contribution is 0.485. The zero-order valence-corrected chi connectivity index (χ0v) is 18.1. The van der Waals surface area contributed by atoms with Crippen LogP contribution in [0.25, 0.3) is 10.9 Å². The van der Waals surface area contributed by atoms with Crippen molar-refractivity contribution < 1.29 is 4.42 Å². The lowest BCUT2D eigenvalue weighted by atomic mass is 9.97. The standard InChI is InChI=1S/C20H21BrN4O2S/c1-13-23-24-18(27-13)12-28-20-22-17-8-7-15(21)11-16(17)19(26)25(20)10-9-14-5-3-2-4-6-14/h5,7-8,11H,2-4,6,9-10,12H2,1H3. The van der Waals surface area contributed by atoms with Crippen molar-refractivity contribution in [3.05, 3.63) is 56.5 Å². The van der Waals surface area contributed by atoms with Gasteiger partial charge in [-0.2, -0.15) is 0 Å². The maximum absolute atomic E-state index is 13.2. The van der Waals surface area contributed by atoms with E-state index in [1.54, 1.807) is 11.5 Å². The second kappa shape index (κ2) is 8.61. The Morgan fingerprint density at radius 3 is 2.93 bits per heavy atom. The van der Waals surface area contributed by atoms with Crippen LogP contribution in [0.5, 0.6) is 0 Å². The summed E-state index contributed by atoms with van der Waals surface area (Å²) in [6, 6.07) is 5.62. The Kier molecular flexibility index (Phi) is 5.96. The molecule has 0 bridgehead atoms. The Balaban J connectivity index is 1.66. The summed E-state index contributed by atoms with van der Waals surface area (Å²) >= 11 is 4.91. The number of halogens is 1. The number of aryl methyl sites for hydroxylation is 1. The van der Waals surface area contributed by atoms with Crippen molar-refractivity contribution in [3.8, 4) is 0 Å². The first-order chi connectivity index (χ1) is 13.6. The van der Waals surface area contributed by atoms with E-state index >= 15 is 0 Å². The number of hydrogen-bond acceptors (Lipinski definition) is 6. The third kappa shape index (κ3) is 4.38. The molecule has 6 nitrogen and oxygen atoms in total. The average Bonchev–Trinajstić information content (AvgIpc) is 3.12. The van der Waals surface area contributed by atoms with Crippen LogP contribution in [0.4, 0.5) is 0 Å². The molecule has 146 valence electrons. The van der Waals surface area contributed by atoms with Gasteiger partial charge in [-0.25, -0.2) is 4.98 Å². The monoisotopic (exact) mass is 460 g/mol. The van der Waals surface area contributed by atoms with Crippen LogP contribution < -0.4 is 5.56 Å². The van der Waals surface area contributed by atoms with Crippen molar-refractivity contribution in [2.75, 3.05) is 0 Å². The summed E-state index contributed by atoms with van der Waals surface area (Å²) in [6.45, 7) is 2.40. The molecule has 0 radical (unpaired) electrons. The minimum Gasteiger partial charge on any atom is -0.425 e. The maximum Gasteiger partial charge on any atom is 0.262 e. The molecule has 0 saturated carbocycles. The second-order valence-corrected chi connectivity index (χ2v) is 8.73. The van der Waals surface area contributed by atoms with Gasteiger partial charge in [0.1, 0.15) is 0 Å². The minimum absolute atomic E-state index is 0.00748. The van der Waals surface area contributed by atoms with Crippen molar-refractivity contribution in [3.63, 3.8) is 0 Å². The summed E-state index contributed by atoms with van der Waals surface area (Å²) in [4.78, 5) is 18.0. The minimum atomic E-state index is -0.00748. The number of aromatic nitrogens is 4. The Morgan fingerprint density at radius 2 is 2.18 bits per heavy atom. The molecular formula is C20H21BrN4O2S. The molecule has 1 aliphatic rings. The zero-order valence-electron chi connectivity index (χ0n) is 15.7. The van der Waals surface area contributed by atoms with Crippen LogP contribution in [0, 0.1) is 6.92 Å². The molecule has 0 atom stereocenters. The lowest BCUT2D eigenvalue weighted by Crippen LogP contribution is -2.24. The van der Waals surface area contributed by atoms with E-state index in [2.05, 4.69) is 32.2 Å². The molecule has 0 fully saturated rings. The quantitative estimate of drug-likeness (QED) is 0.291. The molecule has 0 aliphatic heterocycles. The Labute approximate surface area is 175 Å². The predicted molar refractivity (Wildman–Crippen MR) is 113 cm³/mol. The summed E-state index contributed by atoms with van der Waals surface area (Å²) in [7, 11) is 0. The van der Waals surface area contributed by atoms with E-state index in [9.17, 15) is 4.79 Å². The van der Waals surface area contributed by atoms with Crippen LogP contribution in [0.3, 0.4) is 0 Å². The summed E-state index contributed by atoms with van der Waals surface area (Å²) in [5, 5.41) is 9.22. The first-order valence-corrected chi connectivity index (χ1v) is 11.2. The maximum atomic E-state index is 13.2. The highest BCUT2D eigenvalue weighted by Gasteiger charge is 2.15. The molecule has 0 spiro atoms. The van der Waals surface area contributed by atoms with Gasteiger partial charge in [0.05, 0.1) is 16.7 Å². The normalized spacial score (nSPS) is 14.4. The van der Waals surface area contributed by atoms with Gasteiger partial charge >= 0.3 is 0 Å². The third-order valence-electron chi connectivity index (χ3n) is 4.82. The van der Waals surface area contributed by atoms with Crippen LogP contribution >= 0.6 is 27.7 Å². The SMILES string of the molecule is Cc1nnc(CSc2nc3ccc(Br)cc3c(=O)n2CCC2=CCCCC2)o1. The van der Waals surface area contributed by atoms with Crippen LogP contribution in [0.15, 0.2) is 48.7 Å². The van der Waals surface area contributed by atoms with E-state index in [4.69, 9.17) is 9.40 Å². The number of fused-ring (bicyclic) bond motifs is 1. The third-order valence-corrected chi connectivity index (χ3v) is 6.27. The fraction of sp³-hybridized carbons (Fsp3) is 0.400. The Hall–Kier alpha value is -1.93. The topological polar surface area (TPSA) is 73.8 Å². The molecule has 2 heterocycles. The van der Waals surface area contributed by atoms with Crippen molar-refractivity contribution in [1.82, 2.24) is 19.7 Å². The first kappa shape index (κ1) is 19.4. The molecule has 0 saturated heterocycles. The number of rotatable bonds is 6. The van der Waals surface area contributed by atoms with Crippen LogP contribution in [0.1, 0.15) is 43.9 Å². The van der Waals surface area contributed by atoms with Crippen LogP contribution in [-0.2, 0) is 12.3 Å². The molecule has 28 heavy (non-hydrogen) atoms. The van der Waals surface area contributed by atoms with Gasteiger partial charge in [-0.05, 0) is 50.3 Å². The van der Waals surface area contributed by atoms with E-state index in [1.807, 2.05) is 18.2 Å². The number of hydrogen-bond donors (Lipinski definition) is 0. The summed E-state index contributed by atoms with van der Waals surface area (Å²) in [5.74, 6) is 1.56. The highest BCUT2D eigenvalue weighted by molar-refractivity contribution is 9.10. The van der Waals surface area contributed by atoms with Crippen molar-refractivity contribution in [2.45, 2.75) is 56.5 Å². The molecule has 8 heteroatoms. The molecule has 4 rings (SSSR count). The van der Waals surface area contributed by atoms with Gasteiger partial charge in [0.2, 0.25) is 11.8 Å². The smallest absolute Gasteiger partial charge is 0.262 e. The first-order valence-electron chi connectivity index (χ1n) is 9.40. The van der Waals surface area contributed by atoms with E-state index in [0.717, 1.165) is 23.7 Å². The molecule has 0 N–H and O–H groups in total. The van der Waals surface area contributed by atoms with E-state index in [1.165, 1.54) is 30.2 Å². The van der Waals surface area contributed by atoms with Gasteiger partial charge < -0.3 is 4.42 Å². The van der Waals surface area contributed by atoms with Gasteiger partial charge in [-0.1, -0.05) is 39.3 Å². The molecule has 1 aromatic carbocycles. The summed E-state index contributed by atoms with van der Waals surface area (Å²) in [5.41, 5.74) is 2.13. The van der Waals surface area contributed by atoms with Crippen molar-refractivity contribution >= 4 is 38.6 Å². The van der Waals surface area contributed by atoms with E-state index in [0.29, 0.717) is 40.1 Å². The lowest BCUT2D eigenvalue weighted by Gasteiger charge is -2.16. The molecule has 0 unspecified atom stereocenters. The van der Waals surface area contributed by atoms with Crippen LogP contribution in [0.2, 0.25) is 0 Å². The number of allylic oxidation sites excluding steroid dienone is 2. The largest absolute Gasteiger partial charge is 0.425 e.